The summed E-state index contributed by atoms with van der Waals surface area (Å²) < 4.78 is 21.7. The van der Waals surface area contributed by atoms with E-state index in [4.69, 9.17) is 26.4 Å². The highest BCUT2D eigenvalue weighted by atomic mass is 32.1. The number of hydrogen-bond acceptors (Lipinski definition) is 7. The third-order valence-corrected chi connectivity index (χ3v) is 6.54. The molecule has 1 aliphatic rings. The zero-order valence-electron chi connectivity index (χ0n) is 21.3. The molecule has 2 aromatic rings. The van der Waals surface area contributed by atoms with E-state index in [1.54, 1.807) is 49.1 Å². The molecule has 0 radical (unpaired) electrons. The lowest BCUT2D eigenvalue weighted by Crippen LogP contribution is -2.33. The van der Waals surface area contributed by atoms with Crippen LogP contribution in [-0.4, -0.2) is 38.4 Å². The molecule has 0 spiro atoms. The summed E-state index contributed by atoms with van der Waals surface area (Å²) in [5.41, 5.74) is -1.13. The van der Waals surface area contributed by atoms with Crippen molar-refractivity contribution in [1.82, 2.24) is 13.7 Å². The SMILES string of the molecule is CC(C)OCCn1c(=S)n2c(=O)c3c1ccn3COC(=O)C(C)(C)C/C=C\CC(C)(C)C(=O)OC2. The molecule has 10 heteroatoms. The molecule has 192 valence electrons. The van der Waals surface area contributed by atoms with Gasteiger partial charge in [-0.25, -0.2) is 4.57 Å². The zero-order chi connectivity index (χ0) is 26.0. The first-order chi connectivity index (χ1) is 16.3. The number of ether oxygens (including phenoxy) is 3. The van der Waals surface area contributed by atoms with E-state index < -0.39 is 22.4 Å². The van der Waals surface area contributed by atoms with Crippen LogP contribution in [0.25, 0.3) is 11.0 Å². The predicted molar refractivity (Wildman–Crippen MR) is 134 cm³/mol. The van der Waals surface area contributed by atoms with Crippen molar-refractivity contribution in [3.05, 3.63) is 39.5 Å². The van der Waals surface area contributed by atoms with Crippen molar-refractivity contribution in [2.45, 2.75) is 80.5 Å². The van der Waals surface area contributed by atoms with Crippen LogP contribution >= 0.6 is 12.2 Å². The maximum absolute atomic E-state index is 13.5. The van der Waals surface area contributed by atoms with Crippen LogP contribution < -0.4 is 5.56 Å². The van der Waals surface area contributed by atoms with Crippen molar-refractivity contribution in [2.24, 2.45) is 10.8 Å². The van der Waals surface area contributed by atoms with Gasteiger partial charge in [0.1, 0.15) is 5.52 Å². The molecule has 0 fully saturated rings. The van der Waals surface area contributed by atoms with Crippen molar-refractivity contribution < 1.29 is 23.8 Å². The second kappa shape index (κ2) is 10.5. The van der Waals surface area contributed by atoms with Crippen molar-refractivity contribution in [1.29, 1.82) is 0 Å². The summed E-state index contributed by atoms with van der Waals surface area (Å²) in [5.74, 6) is -0.826. The van der Waals surface area contributed by atoms with Crippen molar-refractivity contribution >= 4 is 35.2 Å². The summed E-state index contributed by atoms with van der Waals surface area (Å²) >= 11 is 5.63. The average Bonchev–Trinajstić information content (AvgIpc) is 3.20. The first-order valence-electron chi connectivity index (χ1n) is 11.8. The van der Waals surface area contributed by atoms with Crippen LogP contribution in [-0.2, 0) is 43.8 Å². The molecule has 3 rings (SSSR count). The normalized spacial score (nSPS) is 19.6. The Bertz CT molecular complexity index is 1250. The largest absolute Gasteiger partial charge is 0.443 e. The van der Waals surface area contributed by atoms with Crippen LogP contribution in [0.5, 0.6) is 0 Å². The first kappa shape index (κ1) is 26.9. The molecule has 3 heterocycles. The molecule has 0 amide bonds. The predicted octanol–water partition coefficient (Wildman–Crippen LogP) is 4.16. The second-order valence-corrected chi connectivity index (χ2v) is 10.7. The molecule has 35 heavy (non-hydrogen) atoms. The Morgan fingerprint density at radius 1 is 1.00 bits per heavy atom. The molecular formula is C25H35N3O6S. The van der Waals surface area contributed by atoms with Gasteiger partial charge in [-0.15, -0.1) is 0 Å². The molecular weight excluding hydrogens is 470 g/mol. The molecule has 0 aromatic carbocycles. The maximum atomic E-state index is 13.5. The monoisotopic (exact) mass is 505 g/mol. The van der Waals surface area contributed by atoms with Gasteiger partial charge >= 0.3 is 11.9 Å². The van der Waals surface area contributed by atoms with Crippen LogP contribution in [0, 0.1) is 15.6 Å². The van der Waals surface area contributed by atoms with Crippen LogP contribution in [0.4, 0.5) is 0 Å². The van der Waals surface area contributed by atoms with Gasteiger partial charge < -0.3 is 23.3 Å². The number of nitrogens with zero attached hydrogens (tertiary/aromatic N) is 3. The minimum absolute atomic E-state index is 0.0359. The Morgan fingerprint density at radius 2 is 1.57 bits per heavy atom. The van der Waals surface area contributed by atoms with Gasteiger partial charge in [-0.3, -0.25) is 14.4 Å². The highest BCUT2D eigenvalue weighted by Crippen LogP contribution is 2.27. The number of fused-ring (bicyclic) bond motifs is 1. The molecule has 0 unspecified atom stereocenters. The maximum Gasteiger partial charge on any atom is 0.313 e. The zero-order valence-corrected chi connectivity index (χ0v) is 22.1. The number of allylic oxidation sites excluding steroid dienone is 2. The minimum Gasteiger partial charge on any atom is -0.443 e. The van der Waals surface area contributed by atoms with Crippen LogP contribution in [0.3, 0.4) is 0 Å². The summed E-state index contributed by atoms with van der Waals surface area (Å²) in [6.07, 6.45) is 6.34. The topological polar surface area (TPSA) is 93.7 Å². The van der Waals surface area contributed by atoms with Crippen molar-refractivity contribution in [3.63, 3.8) is 0 Å². The van der Waals surface area contributed by atoms with Gasteiger partial charge in [-0.1, -0.05) is 12.2 Å². The lowest BCUT2D eigenvalue weighted by atomic mass is 9.86. The van der Waals surface area contributed by atoms with Crippen LogP contribution in [0.2, 0.25) is 0 Å². The van der Waals surface area contributed by atoms with E-state index in [1.807, 2.05) is 26.0 Å². The quantitative estimate of drug-likeness (QED) is 0.350. The van der Waals surface area contributed by atoms with Gasteiger partial charge in [-0.05, 0) is 72.7 Å². The Hall–Kier alpha value is -2.72. The van der Waals surface area contributed by atoms with Gasteiger partial charge in [0.05, 0.1) is 29.1 Å². The number of rotatable bonds is 4. The Morgan fingerprint density at radius 3 is 2.14 bits per heavy atom. The summed E-state index contributed by atoms with van der Waals surface area (Å²) in [7, 11) is 0. The molecule has 2 aromatic heterocycles. The number of aromatic nitrogens is 3. The summed E-state index contributed by atoms with van der Waals surface area (Å²) in [4.78, 5) is 39.2. The standard InChI is InChI=1S/C25H35N3O6S/c1-17(2)32-14-13-27-18-9-12-26-15-33-21(30)24(3,4)10-7-8-11-25(5,6)22(31)34-16-28(23(27)35)20(29)19(18)26/h7-9,12,17H,10-11,13-16H2,1-6H3/b8-7-. The number of esters is 2. The van der Waals surface area contributed by atoms with Gasteiger partial charge in [0.25, 0.3) is 5.56 Å². The average molecular weight is 506 g/mol. The lowest BCUT2D eigenvalue weighted by molar-refractivity contribution is -0.159. The number of carbonyl (C=O) groups excluding carboxylic acids is 2. The fourth-order valence-electron chi connectivity index (χ4n) is 3.76. The summed E-state index contributed by atoms with van der Waals surface area (Å²) in [5, 5.41) is 0. The highest BCUT2D eigenvalue weighted by molar-refractivity contribution is 7.71. The Kier molecular flexibility index (Phi) is 8.06. The fraction of sp³-hybridized carbons (Fsp3) is 0.600. The van der Waals surface area contributed by atoms with Gasteiger partial charge in [0, 0.05) is 12.7 Å². The van der Waals surface area contributed by atoms with E-state index in [2.05, 4.69) is 0 Å². The fourth-order valence-corrected chi connectivity index (χ4v) is 4.08. The van der Waals surface area contributed by atoms with E-state index in [9.17, 15) is 14.4 Å². The molecule has 2 bridgehead atoms. The minimum atomic E-state index is -0.825. The number of carbonyl (C=O) groups is 2. The lowest BCUT2D eigenvalue weighted by Gasteiger charge is -2.24. The van der Waals surface area contributed by atoms with Crippen LogP contribution in [0.1, 0.15) is 54.4 Å². The molecule has 1 aliphatic heterocycles. The summed E-state index contributed by atoms with van der Waals surface area (Å²) in [6, 6.07) is 1.76. The van der Waals surface area contributed by atoms with Gasteiger partial charge in [-0.2, -0.15) is 0 Å². The molecule has 0 atom stereocenters. The smallest absolute Gasteiger partial charge is 0.313 e. The Balaban J connectivity index is 2.12. The van der Waals surface area contributed by atoms with Gasteiger partial charge in [0.15, 0.2) is 18.2 Å². The van der Waals surface area contributed by atoms with E-state index >= 15 is 0 Å². The van der Waals surface area contributed by atoms with Crippen LogP contribution in [0.15, 0.2) is 29.2 Å². The second-order valence-electron chi connectivity index (χ2n) is 10.4. The van der Waals surface area contributed by atoms with E-state index in [0.717, 1.165) is 0 Å². The molecule has 0 saturated heterocycles. The Labute approximate surface area is 210 Å². The number of hydrogen-bond donors (Lipinski definition) is 0. The highest BCUT2D eigenvalue weighted by Gasteiger charge is 2.31. The third kappa shape index (κ3) is 5.92. The molecule has 0 N–H and O–H groups in total. The molecule has 9 nitrogen and oxygen atoms in total. The van der Waals surface area contributed by atoms with E-state index in [0.29, 0.717) is 37.0 Å². The van der Waals surface area contributed by atoms with Crippen molar-refractivity contribution in [3.8, 4) is 0 Å². The van der Waals surface area contributed by atoms with Gasteiger partial charge in [0.2, 0.25) is 0 Å². The number of cyclic esters (lactones) is 2. The molecule has 0 saturated carbocycles. The summed E-state index contributed by atoms with van der Waals surface area (Å²) in [6.45, 7) is 11.4. The van der Waals surface area contributed by atoms with E-state index in [1.165, 1.54) is 4.57 Å². The third-order valence-electron chi connectivity index (χ3n) is 6.10. The van der Waals surface area contributed by atoms with Crippen molar-refractivity contribution in [2.75, 3.05) is 6.61 Å². The van der Waals surface area contributed by atoms with E-state index in [-0.39, 0.29) is 30.3 Å². The first-order valence-corrected chi connectivity index (χ1v) is 12.2. The molecule has 0 aliphatic carbocycles.